The van der Waals surface area contributed by atoms with E-state index >= 15 is 0 Å². The zero-order chi connectivity index (χ0) is 12.9. The van der Waals surface area contributed by atoms with Gasteiger partial charge < -0.3 is 0 Å². The Hall–Kier alpha value is 0.949. The summed E-state index contributed by atoms with van der Waals surface area (Å²) in [6.45, 7) is 0. The molecule has 0 aromatic carbocycles. The Balaban J connectivity index is 0.00000147. The van der Waals surface area contributed by atoms with Crippen LogP contribution in [0.25, 0.3) is 0 Å². The van der Waals surface area contributed by atoms with Gasteiger partial charge in [-0.15, -0.1) is 0 Å². The van der Waals surface area contributed by atoms with E-state index in [1.165, 1.54) is 14.4 Å². The van der Waals surface area contributed by atoms with E-state index in [-0.39, 0.29) is 23.8 Å². The summed E-state index contributed by atoms with van der Waals surface area (Å²) >= 11 is -0.0735. The summed E-state index contributed by atoms with van der Waals surface area (Å²) in [5.41, 5.74) is 0. The molecule has 0 aromatic rings. The molecule has 120 valence electrons. The van der Waals surface area contributed by atoms with Crippen LogP contribution >= 0.6 is 9.90 Å². The van der Waals surface area contributed by atoms with Gasteiger partial charge in [0.1, 0.15) is 0 Å². The van der Waals surface area contributed by atoms with E-state index < -0.39 is 0 Å². The molecule has 3 saturated carbocycles. The molecule has 3 fully saturated rings. The summed E-state index contributed by atoms with van der Waals surface area (Å²) in [7, 11) is 0. The maximum Gasteiger partial charge on any atom is -0.153 e. The van der Waals surface area contributed by atoms with Crippen molar-refractivity contribution < 1.29 is 13.9 Å². The Morgan fingerprint density at radius 1 is 0.400 bits per heavy atom. The molecule has 0 nitrogen and oxygen atoms in total. The van der Waals surface area contributed by atoms with Crippen LogP contribution in [0.15, 0.2) is 0 Å². The van der Waals surface area contributed by atoms with Crippen LogP contribution in [0, 0.1) is 0 Å². The monoisotopic (exact) mass is 338 g/mol. The van der Waals surface area contributed by atoms with Crippen molar-refractivity contribution in [3.05, 3.63) is 0 Å². The van der Waals surface area contributed by atoms with Gasteiger partial charge in [0, 0.05) is 0 Å². The van der Waals surface area contributed by atoms with Crippen LogP contribution in [0.1, 0.15) is 96.3 Å². The van der Waals surface area contributed by atoms with E-state index in [4.69, 9.17) is 0 Å². The van der Waals surface area contributed by atoms with Crippen molar-refractivity contribution in [2.75, 3.05) is 0 Å². The first-order valence-corrected chi connectivity index (χ1v) is 11.1. The van der Waals surface area contributed by atoms with Gasteiger partial charge in [-0.05, 0) is 0 Å². The van der Waals surface area contributed by atoms with Crippen molar-refractivity contribution >= 4 is 9.90 Å². The molecule has 0 radical (unpaired) electrons. The fourth-order valence-corrected chi connectivity index (χ4v) is 10.8. The standard InChI is InChI=1S/3C6H11.Mn.H3P/c3*1-2-4-6-5-3-1;;/h3*1H,2-6H2;;1H3. The first kappa shape index (κ1) is 17.3. The van der Waals surface area contributed by atoms with Crippen LogP contribution in [0.3, 0.4) is 0 Å². The van der Waals surface area contributed by atoms with Gasteiger partial charge in [0.2, 0.25) is 0 Å². The first-order chi connectivity index (χ1) is 9.45. The van der Waals surface area contributed by atoms with Crippen LogP contribution in [-0.4, -0.2) is 0 Å². The zero-order valence-electron chi connectivity index (χ0n) is 13.4. The maximum atomic E-state index is 1.63. The Morgan fingerprint density at radius 3 is 0.900 bits per heavy atom. The quantitative estimate of drug-likeness (QED) is 0.387. The molecule has 2 heteroatoms. The smallest absolute Gasteiger partial charge is 0.153 e. The third-order valence-corrected chi connectivity index (χ3v) is 11.1. The molecular formula is C18H36MnP. The molecule has 0 spiro atoms. The number of rotatable bonds is 3. The molecule has 20 heavy (non-hydrogen) atoms. The molecule has 0 bridgehead atoms. The summed E-state index contributed by atoms with van der Waals surface area (Å²) in [5.74, 6) is 0. The Bertz CT molecular complexity index is 207. The average Bonchev–Trinajstić information content (AvgIpc) is 2.51. The summed E-state index contributed by atoms with van der Waals surface area (Å²) in [5, 5.41) is 0. The van der Waals surface area contributed by atoms with Crippen molar-refractivity contribution in [3.8, 4) is 0 Å². The molecule has 1 unspecified atom stereocenters. The average molecular weight is 338 g/mol. The van der Waals surface area contributed by atoms with Crippen LogP contribution in [0.2, 0.25) is 14.4 Å². The van der Waals surface area contributed by atoms with Crippen LogP contribution in [0.5, 0.6) is 0 Å². The van der Waals surface area contributed by atoms with E-state index in [1.807, 2.05) is 0 Å². The minimum atomic E-state index is -0.0735. The van der Waals surface area contributed by atoms with Gasteiger partial charge in [0.25, 0.3) is 0 Å². The molecule has 0 aliphatic heterocycles. The minimum absolute atomic E-state index is 0. The van der Waals surface area contributed by atoms with Crippen LogP contribution in [-0.2, 0) is 13.9 Å². The molecule has 3 aliphatic rings. The van der Waals surface area contributed by atoms with Crippen molar-refractivity contribution in [3.63, 3.8) is 0 Å². The summed E-state index contributed by atoms with van der Waals surface area (Å²) in [4.78, 5) is 3.69. The van der Waals surface area contributed by atoms with E-state index in [0.717, 1.165) is 0 Å². The minimum Gasteiger partial charge on any atom is -0.153 e. The SMILES string of the molecule is C1CC[CH]([Mn]([CH]2CCCCC2)[CH]2CCCCC2)CC1.P. The van der Waals surface area contributed by atoms with Gasteiger partial charge in [-0.1, -0.05) is 0 Å². The fourth-order valence-electron chi connectivity index (χ4n) is 4.67. The molecule has 0 saturated heterocycles. The number of hydrogen-bond donors (Lipinski definition) is 0. The predicted octanol–water partition coefficient (Wildman–Crippen LogP) is 6.92. The molecule has 0 N–H and O–H groups in total. The normalized spacial score (nSPS) is 27.9. The van der Waals surface area contributed by atoms with Gasteiger partial charge in [-0.3, -0.25) is 0 Å². The zero-order valence-corrected chi connectivity index (χ0v) is 16.0. The molecule has 0 amide bonds. The molecule has 0 aromatic heterocycles. The van der Waals surface area contributed by atoms with Crippen molar-refractivity contribution in [1.29, 1.82) is 0 Å². The van der Waals surface area contributed by atoms with Crippen molar-refractivity contribution in [1.82, 2.24) is 0 Å². The van der Waals surface area contributed by atoms with Crippen molar-refractivity contribution in [2.45, 2.75) is 111 Å². The van der Waals surface area contributed by atoms with Gasteiger partial charge in [0.15, 0.2) is 0 Å². The number of hydrogen-bond acceptors (Lipinski definition) is 0. The van der Waals surface area contributed by atoms with E-state index in [9.17, 15) is 0 Å². The van der Waals surface area contributed by atoms with Gasteiger partial charge >= 0.3 is 125 Å². The summed E-state index contributed by atoms with van der Waals surface area (Å²) in [6.07, 6.45) is 23.8. The second-order valence-electron chi connectivity index (χ2n) is 7.08. The maximum absolute atomic E-state index is 1.63. The van der Waals surface area contributed by atoms with Gasteiger partial charge in [-0.25, -0.2) is 0 Å². The summed E-state index contributed by atoms with van der Waals surface area (Å²) in [6, 6.07) is 0. The molecule has 0 heterocycles. The summed E-state index contributed by atoms with van der Waals surface area (Å²) < 4.78 is 0. The third-order valence-electron chi connectivity index (χ3n) is 5.67. The first-order valence-electron chi connectivity index (χ1n) is 9.10. The van der Waals surface area contributed by atoms with Gasteiger partial charge in [0.05, 0.1) is 0 Å². The second kappa shape index (κ2) is 9.17. The van der Waals surface area contributed by atoms with E-state index in [1.54, 1.807) is 96.3 Å². The second-order valence-corrected chi connectivity index (χ2v) is 11.2. The van der Waals surface area contributed by atoms with E-state index in [2.05, 4.69) is 0 Å². The fraction of sp³-hybridized carbons (Fsp3) is 1.00. The topological polar surface area (TPSA) is 0 Å². The largest absolute Gasteiger partial charge is 0.153 e. The van der Waals surface area contributed by atoms with Gasteiger partial charge in [-0.2, -0.15) is 9.90 Å². The molecule has 3 rings (SSSR count). The van der Waals surface area contributed by atoms with Crippen LogP contribution in [0.4, 0.5) is 0 Å². The third kappa shape index (κ3) is 4.47. The Labute approximate surface area is 134 Å². The van der Waals surface area contributed by atoms with E-state index in [0.29, 0.717) is 0 Å². The molecule has 3 aliphatic carbocycles. The van der Waals surface area contributed by atoms with Crippen molar-refractivity contribution in [2.24, 2.45) is 0 Å². The Morgan fingerprint density at radius 2 is 0.650 bits per heavy atom. The predicted molar refractivity (Wildman–Crippen MR) is 91.6 cm³/mol. The molecule has 1 atom stereocenters. The van der Waals surface area contributed by atoms with Crippen LogP contribution < -0.4 is 0 Å². The molecular weight excluding hydrogens is 302 g/mol. The Kier molecular flexibility index (Phi) is 7.93.